The highest BCUT2D eigenvalue weighted by atomic mass is 16.2. The molecule has 0 atom stereocenters. The number of nitrogens with one attached hydrogen (secondary N) is 2. The molecule has 0 fully saturated rings. The van der Waals surface area contributed by atoms with Crippen LogP contribution in [-0.2, 0) is 12.6 Å². The minimum atomic E-state index is -0.542. The smallest absolute Gasteiger partial charge is 0.314 e. The molecule has 0 saturated carbocycles. The Morgan fingerprint density at radius 2 is 2.00 bits per heavy atom. The maximum atomic E-state index is 11.9. The van der Waals surface area contributed by atoms with Gasteiger partial charge in [0.15, 0.2) is 0 Å². The molecule has 2 N–H and O–H groups in total. The van der Waals surface area contributed by atoms with E-state index in [1.165, 1.54) is 17.0 Å². The van der Waals surface area contributed by atoms with Crippen LogP contribution in [0.5, 0.6) is 0 Å². The van der Waals surface area contributed by atoms with E-state index in [0.29, 0.717) is 5.69 Å². The molecule has 112 valence electrons. The van der Waals surface area contributed by atoms with Gasteiger partial charge in [-0.3, -0.25) is 14.8 Å². The second kappa shape index (κ2) is 5.39. The van der Waals surface area contributed by atoms with Crippen LogP contribution < -0.4 is 16.2 Å². The molecular formula is C13H18N6O2. The number of urea groups is 1. The Kier molecular flexibility index (Phi) is 3.79. The molecule has 0 spiro atoms. The van der Waals surface area contributed by atoms with Crippen molar-refractivity contribution in [3.8, 4) is 0 Å². The zero-order chi connectivity index (χ0) is 15.6. The standard InChI is InChI=1S/C13H18N6O2/c1-13(2,3)19-8-9(7-15-19)16-12(21)17-10-11(20)18(4)6-5-14-10/h5-8H,1-4H3,(H2,14,16,17,21). The van der Waals surface area contributed by atoms with Crippen LogP contribution in [-0.4, -0.2) is 25.4 Å². The van der Waals surface area contributed by atoms with Crippen molar-refractivity contribution in [1.82, 2.24) is 19.3 Å². The summed E-state index contributed by atoms with van der Waals surface area (Å²) in [4.78, 5) is 27.4. The van der Waals surface area contributed by atoms with Crippen molar-refractivity contribution in [2.24, 2.45) is 7.05 Å². The summed E-state index contributed by atoms with van der Waals surface area (Å²) in [5, 5.41) is 9.20. The van der Waals surface area contributed by atoms with Gasteiger partial charge in [0.05, 0.1) is 17.4 Å². The Morgan fingerprint density at radius 3 is 2.62 bits per heavy atom. The van der Waals surface area contributed by atoms with Gasteiger partial charge in [-0.25, -0.2) is 9.78 Å². The predicted molar refractivity (Wildman–Crippen MR) is 79.3 cm³/mol. The van der Waals surface area contributed by atoms with Gasteiger partial charge in [0.25, 0.3) is 5.56 Å². The lowest BCUT2D eigenvalue weighted by Crippen LogP contribution is -2.28. The summed E-state index contributed by atoms with van der Waals surface area (Å²) in [6.45, 7) is 6.00. The summed E-state index contributed by atoms with van der Waals surface area (Å²) in [6.07, 6.45) is 6.21. The molecule has 2 aromatic rings. The third-order valence-electron chi connectivity index (χ3n) is 2.78. The molecule has 0 saturated heterocycles. The predicted octanol–water partition coefficient (Wildman–Crippen LogP) is 1.38. The summed E-state index contributed by atoms with van der Waals surface area (Å²) in [5.74, 6) is -0.0271. The SMILES string of the molecule is Cn1ccnc(NC(=O)Nc2cnn(C(C)(C)C)c2)c1=O. The van der Waals surface area contributed by atoms with Crippen molar-refractivity contribution in [3.05, 3.63) is 35.1 Å². The molecular weight excluding hydrogens is 272 g/mol. The number of rotatable bonds is 2. The number of carbonyl (C=O) groups is 1. The van der Waals surface area contributed by atoms with E-state index in [4.69, 9.17) is 0 Å². The van der Waals surface area contributed by atoms with E-state index in [2.05, 4.69) is 20.7 Å². The molecule has 2 rings (SSSR count). The summed E-state index contributed by atoms with van der Waals surface area (Å²) >= 11 is 0. The fourth-order valence-corrected chi connectivity index (χ4v) is 1.61. The van der Waals surface area contributed by atoms with Crippen LogP contribution in [0.4, 0.5) is 16.3 Å². The van der Waals surface area contributed by atoms with Crippen molar-refractivity contribution in [2.75, 3.05) is 10.6 Å². The highest BCUT2D eigenvalue weighted by Gasteiger charge is 2.15. The average Bonchev–Trinajstić information content (AvgIpc) is 2.83. The Balaban J connectivity index is 2.07. The molecule has 2 amide bonds. The van der Waals surface area contributed by atoms with E-state index in [0.717, 1.165) is 0 Å². The third kappa shape index (κ3) is 3.47. The van der Waals surface area contributed by atoms with Crippen molar-refractivity contribution < 1.29 is 4.79 Å². The lowest BCUT2D eigenvalue weighted by atomic mass is 10.1. The number of carbonyl (C=O) groups excluding carboxylic acids is 1. The first-order chi connectivity index (χ1) is 9.77. The second-order valence-electron chi connectivity index (χ2n) is 5.62. The van der Waals surface area contributed by atoms with E-state index in [1.54, 1.807) is 24.1 Å². The molecule has 0 aliphatic rings. The molecule has 0 aromatic carbocycles. The van der Waals surface area contributed by atoms with Crippen LogP contribution in [0.2, 0.25) is 0 Å². The maximum Gasteiger partial charge on any atom is 0.325 e. The van der Waals surface area contributed by atoms with Crippen LogP contribution in [0, 0.1) is 0 Å². The van der Waals surface area contributed by atoms with Gasteiger partial charge in [0, 0.05) is 25.6 Å². The van der Waals surface area contributed by atoms with Crippen molar-refractivity contribution in [2.45, 2.75) is 26.3 Å². The van der Waals surface area contributed by atoms with Crippen molar-refractivity contribution >= 4 is 17.5 Å². The second-order valence-corrected chi connectivity index (χ2v) is 5.62. The first kappa shape index (κ1) is 14.8. The molecule has 2 heterocycles. The molecule has 0 radical (unpaired) electrons. The molecule has 0 bridgehead atoms. The Morgan fingerprint density at radius 1 is 1.29 bits per heavy atom. The number of aromatic nitrogens is 4. The van der Waals surface area contributed by atoms with Crippen molar-refractivity contribution in [3.63, 3.8) is 0 Å². The molecule has 21 heavy (non-hydrogen) atoms. The Labute approximate surface area is 121 Å². The van der Waals surface area contributed by atoms with Crippen LogP contribution in [0.3, 0.4) is 0 Å². The lowest BCUT2D eigenvalue weighted by Gasteiger charge is -2.18. The van der Waals surface area contributed by atoms with E-state index >= 15 is 0 Å². The summed E-state index contributed by atoms with van der Waals surface area (Å²) < 4.78 is 3.07. The van der Waals surface area contributed by atoms with Crippen LogP contribution in [0.15, 0.2) is 29.6 Å². The summed E-state index contributed by atoms with van der Waals surface area (Å²) in [6, 6.07) is -0.542. The molecule has 8 nitrogen and oxygen atoms in total. The minimum Gasteiger partial charge on any atom is -0.314 e. The van der Waals surface area contributed by atoms with Gasteiger partial charge in [0.2, 0.25) is 5.82 Å². The summed E-state index contributed by atoms with van der Waals surface area (Å²) in [5.41, 5.74) is -0.0129. The van der Waals surface area contributed by atoms with Gasteiger partial charge in [0.1, 0.15) is 0 Å². The van der Waals surface area contributed by atoms with Gasteiger partial charge in [-0.05, 0) is 20.8 Å². The van der Waals surface area contributed by atoms with Crippen LogP contribution in [0.1, 0.15) is 20.8 Å². The van der Waals surface area contributed by atoms with E-state index in [1.807, 2.05) is 20.8 Å². The highest BCUT2D eigenvalue weighted by molar-refractivity contribution is 5.98. The molecule has 8 heteroatoms. The maximum absolute atomic E-state index is 11.9. The number of anilines is 2. The lowest BCUT2D eigenvalue weighted by molar-refractivity contribution is 0.262. The average molecular weight is 290 g/mol. The topological polar surface area (TPSA) is 93.8 Å². The van der Waals surface area contributed by atoms with Gasteiger partial charge < -0.3 is 9.88 Å². The van der Waals surface area contributed by atoms with Crippen LogP contribution >= 0.6 is 0 Å². The molecule has 2 aromatic heterocycles. The number of hydrogen-bond acceptors (Lipinski definition) is 4. The van der Waals surface area contributed by atoms with Crippen molar-refractivity contribution in [1.29, 1.82) is 0 Å². The zero-order valence-electron chi connectivity index (χ0n) is 12.4. The monoisotopic (exact) mass is 290 g/mol. The van der Waals surface area contributed by atoms with E-state index < -0.39 is 6.03 Å². The number of amides is 2. The van der Waals surface area contributed by atoms with E-state index in [9.17, 15) is 9.59 Å². The molecule has 0 aliphatic carbocycles. The first-order valence-corrected chi connectivity index (χ1v) is 6.42. The Bertz CT molecular complexity index is 710. The fraction of sp³-hybridized carbons (Fsp3) is 0.385. The number of aryl methyl sites for hydroxylation is 1. The van der Waals surface area contributed by atoms with Gasteiger partial charge in [-0.2, -0.15) is 5.10 Å². The van der Waals surface area contributed by atoms with Gasteiger partial charge in [-0.1, -0.05) is 0 Å². The van der Waals surface area contributed by atoms with E-state index in [-0.39, 0.29) is 16.9 Å². The highest BCUT2D eigenvalue weighted by Crippen LogP contribution is 2.15. The van der Waals surface area contributed by atoms with Gasteiger partial charge in [-0.15, -0.1) is 0 Å². The van der Waals surface area contributed by atoms with Crippen LogP contribution in [0.25, 0.3) is 0 Å². The molecule has 0 unspecified atom stereocenters. The largest absolute Gasteiger partial charge is 0.325 e. The third-order valence-corrected chi connectivity index (χ3v) is 2.78. The number of nitrogens with zero attached hydrogens (tertiary/aromatic N) is 4. The summed E-state index contributed by atoms with van der Waals surface area (Å²) in [7, 11) is 1.58. The zero-order valence-corrected chi connectivity index (χ0v) is 12.4. The first-order valence-electron chi connectivity index (χ1n) is 6.42. The number of hydrogen-bond donors (Lipinski definition) is 2. The van der Waals surface area contributed by atoms with Gasteiger partial charge >= 0.3 is 6.03 Å². The quantitative estimate of drug-likeness (QED) is 0.873. The normalized spacial score (nSPS) is 11.2. The minimum absolute atomic E-state index is 0.0271. The molecule has 0 aliphatic heterocycles. The Hall–Kier alpha value is -2.64. The fourth-order valence-electron chi connectivity index (χ4n) is 1.61.